The summed E-state index contributed by atoms with van der Waals surface area (Å²) < 4.78 is 14.5. The van der Waals surface area contributed by atoms with E-state index in [2.05, 4.69) is 20.9 Å². The molecule has 1 aliphatic rings. The number of hydrogen-bond acceptors (Lipinski definition) is 6. The van der Waals surface area contributed by atoms with Crippen molar-refractivity contribution in [1.82, 2.24) is 4.57 Å². The Morgan fingerprint density at radius 1 is 1.08 bits per heavy atom. The molecule has 0 saturated carbocycles. The van der Waals surface area contributed by atoms with Gasteiger partial charge in [0.1, 0.15) is 11.5 Å². The lowest BCUT2D eigenvalue weighted by Crippen LogP contribution is -2.40. The molecule has 1 aliphatic heterocycles. The molecule has 0 amide bonds. The zero-order valence-electron chi connectivity index (χ0n) is 21.2. The van der Waals surface area contributed by atoms with Crippen LogP contribution in [0.3, 0.4) is 0 Å². The van der Waals surface area contributed by atoms with Crippen molar-refractivity contribution in [2.45, 2.75) is 19.9 Å². The number of halogens is 1. The lowest BCUT2D eigenvalue weighted by molar-refractivity contribution is -0.139. The van der Waals surface area contributed by atoms with Gasteiger partial charge in [0.15, 0.2) is 4.80 Å². The van der Waals surface area contributed by atoms with Gasteiger partial charge in [-0.1, -0.05) is 81.9 Å². The molecule has 8 heteroatoms. The second-order valence-electron chi connectivity index (χ2n) is 9.08. The first-order valence-corrected chi connectivity index (χ1v) is 14.1. The smallest absolute Gasteiger partial charge is 0.338 e. The van der Waals surface area contributed by atoms with E-state index in [1.54, 1.807) is 24.5 Å². The lowest BCUT2D eigenvalue weighted by atomic mass is 9.91. The summed E-state index contributed by atoms with van der Waals surface area (Å²) in [5.74, 6) is 0.785. The van der Waals surface area contributed by atoms with Crippen molar-refractivity contribution in [3.05, 3.63) is 126 Å². The number of esters is 1. The Balaban J connectivity index is 1.53. The van der Waals surface area contributed by atoms with Crippen molar-refractivity contribution < 1.29 is 13.9 Å². The first kappa shape index (κ1) is 25.3. The SMILES string of the molecule is CCOC(=O)C1=C(C)N=c2s/c(=C\c3ccc(-c4ccc(Br)cc4)o3)c(=O)n2C1c1cccc2ccccc12. The number of fused-ring (bicyclic) bond motifs is 2. The van der Waals surface area contributed by atoms with Gasteiger partial charge in [-0.3, -0.25) is 9.36 Å². The predicted octanol–water partition coefficient (Wildman–Crippen LogP) is 5.97. The van der Waals surface area contributed by atoms with Crippen LogP contribution in [0.15, 0.2) is 109 Å². The minimum atomic E-state index is -0.677. The van der Waals surface area contributed by atoms with E-state index in [1.165, 1.54) is 11.3 Å². The maximum absolute atomic E-state index is 13.9. The van der Waals surface area contributed by atoms with Gasteiger partial charge in [0.05, 0.1) is 28.5 Å². The van der Waals surface area contributed by atoms with E-state index in [4.69, 9.17) is 9.15 Å². The van der Waals surface area contributed by atoms with E-state index in [0.29, 0.717) is 32.1 Å². The number of thiazole rings is 1. The van der Waals surface area contributed by atoms with Gasteiger partial charge in [0, 0.05) is 16.1 Å². The lowest BCUT2D eigenvalue weighted by Gasteiger charge is -2.25. The summed E-state index contributed by atoms with van der Waals surface area (Å²) >= 11 is 4.72. The molecule has 6 rings (SSSR count). The third-order valence-corrected chi connectivity index (χ3v) is 8.18. The van der Waals surface area contributed by atoms with Gasteiger partial charge in [0.2, 0.25) is 0 Å². The summed E-state index contributed by atoms with van der Waals surface area (Å²) in [5, 5.41) is 1.98. The number of rotatable bonds is 5. The van der Waals surface area contributed by atoms with E-state index < -0.39 is 12.0 Å². The standard InChI is InChI=1S/C31H23BrN2O4S/c1-3-37-30(36)27-18(2)33-31-34(28(27)24-10-6-8-19-7-4-5-9-23(19)24)29(35)26(39-31)17-22-15-16-25(38-22)20-11-13-21(32)14-12-20/h4-17,28H,3H2,1-2H3/b26-17-. The summed E-state index contributed by atoms with van der Waals surface area (Å²) in [5.41, 5.74) is 2.43. The molecular formula is C31H23BrN2O4S. The van der Waals surface area contributed by atoms with Gasteiger partial charge < -0.3 is 9.15 Å². The number of aromatic nitrogens is 1. The third kappa shape index (κ3) is 4.60. The molecule has 1 atom stereocenters. The number of benzene rings is 3. The molecule has 0 bridgehead atoms. The molecule has 1 unspecified atom stereocenters. The number of ether oxygens (including phenoxy) is 1. The van der Waals surface area contributed by atoms with Gasteiger partial charge in [-0.25, -0.2) is 9.79 Å². The molecule has 39 heavy (non-hydrogen) atoms. The first-order valence-electron chi connectivity index (χ1n) is 12.5. The van der Waals surface area contributed by atoms with Crippen LogP contribution in [0.4, 0.5) is 0 Å². The Labute approximate surface area is 236 Å². The van der Waals surface area contributed by atoms with E-state index in [0.717, 1.165) is 26.4 Å². The summed E-state index contributed by atoms with van der Waals surface area (Å²) in [6, 6.07) is 24.7. The third-order valence-electron chi connectivity index (χ3n) is 6.66. The highest BCUT2D eigenvalue weighted by atomic mass is 79.9. The predicted molar refractivity (Wildman–Crippen MR) is 156 cm³/mol. The monoisotopic (exact) mass is 598 g/mol. The highest BCUT2D eigenvalue weighted by molar-refractivity contribution is 9.10. The first-order chi connectivity index (χ1) is 18.9. The van der Waals surface area contributed by atoms with Gasteiger partial charge in [-0.15, -0.1) is 0 Å². The molecule has 6 nitrogen and oxygen atoms in total. The summed E-state index contributed by atoms with van der Waals surface area (Å²) in [4.78, 5) is 32.4. The van der Waals surface area contributed by atoms with Crippen molar-refractivity contribution in [2.75, 3.05) is 6.61 Å². The van der Waals surface area contributed by atoms with Gasteiger partial charge in [-0.2, -0.15) is 0 Å². The number of allylic oxidation sites excluding steroid dienone is 1. The van der Waals surface area contributed by atoms with Crippen LogP contribution in [-0.2, 0) is 9.53 Å². The fourth-order valence-electron chi connectivity index (χ4n) is 4.90. The molecule has 0 fully saturated rings. The van der Waals surface area contributed by atoms with Crippen LogP contribution in [0, 0.1) is 0 Å². The zero-order chi connectivity index (χ0) is 27.1. The second kappa shape index (κ2) is 10.3. The van der Waals surface area contributed by atoms with Gasteiger partial charge in [0.25, 0.3) is 5.56 Å². The average Bonchev–Trinajstić information content (AvgIpc) is 3.52. The highest BCUT2D eigenvalue weighted by Gasteiger charge is 2.34. The van der Waals surface area contributed by atoms with Crippen LogP contribution < -0.4 is 14.9 Å². The van der Waals surface area contributed by atoms with Crippen molar-refractivity contribution in [2.24, 2.45) is 4.99 Å². The number of nitrogens with zero attached hydrogens (tertiary/aromatic N) is 2. The Morgan fingerprint density at radius 2 is 1.85 bits per heavy atom. The Bertz CT molecular complexity index is 1940. The Morgan fingerprint density at radius 3 is 2.64 bits per heavy atom. The Kier molecular flexibility index (Phi) is 6.66. The van der Waals surface area contributed by atoms with E-state index in [1.807, 2.05) is 78.9 Å². The van der Waals surface area contributed by atoms with Crippen LogP contribution in [-0.4, -0.2) is 17.1 Å². The molecule has 0 N–H and O–H groups in total. The topological polar surface area (TPSA) is 73.8 Å². The van der Waals surface area contributed by atoms with Gasteiger partial charge >= 0.3 is 5.97 Å². The number of furan rings is 1. The van der Waals surface area contributed by atoms with Gasteiger partial charge in [-0.05, 0) is 54.4 Å². The van der Waals surface area contributed by atoms with Crippen LogP contribution >= 0.6 is 27.3 Å². The Hall–Kier alpha value is -4.01. The fraction of sp³-hybridized carbons (Fsp3) is 0.129. The molecule has 2 aromatic heterocycles. The van der Waals surface area contributed by atoms with E-state index in [-0.39, 0.29) is 12.2 Å². The maximum atomic E-state index is 13.9. The van der Waals surface area contributed by atoms with Crippen molar-refractivity contribution in [1.29, 1.82) is 0 Å². The highest BCUT2D eigenvalue weighted by Crippen LogP contribution is 2.35. The molecule has 0 saturated heterocycles. The van der Waals surface area contributed by atoms with E-state index in [9.17, 15) is 9.59 Å². The maximum Gasteiger partial charge on any atom is 0.338 e. The summed E-state index contributed by atoms with van der Waals surface area (Å²) in [6.07, 6.45) is 1.73. The zero-order valence-corrected chi connectivity index (χ0v) is 23.6. The molecule has 194 valence electrons. The molecular weight excluding hydrogens is 576 g/mol. The minimum Gasteiger partial charge on any atom is -0.463 e. The molecule has 5 aromatic rings. The summed E-state index contributed by atoms with van der Waals surface area (Å²) in [6.45, 7) is 3.78. The quantitative estimate of drug-likeness (QED) is 0.233. The van der Waals surface area contributed by atoms with Crippen LogP contribution in [0.25, 0.3) is 28.2 Å². The normalized spacial score (nSPS) is 15.4. The molecule has 0 aliphatic carbocycles. The minimum absolute atomic E-state index is 0.224. The number of hydrogen-bond donors (Lipinski definition) is 0. The van der Waals surface area contributed by atoms with Crippen LogP contribution in [0.1, 0.15) is 31.2 Å². The average molecular weight is 600 g/mol. The largest absolute Gasteiger partial charge is 0.463 e. The molecule has 3 aromatic carbocycles. The second-order valence-corrected chi connectivity index (χ2v) is 11.0. The van der Waals surface area contributed by atoms with Crippen LogP contribution in [0.2, 0.25) is 0 Å². The number of carbonyl (C=O) groups excluding carboxylic acids is 1. The molecule has 3 heterocycles. The fourth-order valence-corrected chi connectivity index (χ4v) is 6.19. The van der Waals surface area contributed by atoms with Crippen LogP contribution in [0.5, 0.6) is 0 Å². The van der Waals surface area contributed by atoms with Crippen molar-refractivity contribution in [3.63, 3.8) is 0 Å². The van der Waals surface area contributed by atoms with Crippen molar-refractivity contribution in [3.8, 4) is 11.3 Å². The van der Waals surface area contributed by atoms with Crippen molar-refractivity contribution >= 4 is 50.1 Å². The molecule has 0 radical (unpaired) electrons. The number of carbonyl (C=O) groups is 1. The summed E-state index contributed by atoms with van der Waals surface area (Å²) in [7, 11) is 0. The molecule has 0 spiro atoms. The van der Waals surface area contributed by atoms with E-state index >= 15 is 0 Å².